The summed E-state index contributed by atoms with van der Waals surface area (Å²) in [4.78, 5) is 18.5. The lowest BCUT2D eigenvalue weighted by Crippen LogP contribution is -2.49. The molecular weight excluding hydrogens is 443 g/mol. The Morgan fingerprint density at radius 1 is 1.17 bits per heavy atom. The molecule has 1 aliphatic heterocycles. The monoisotopic (exact) mass is 472 g/mol. The van der Waals surface area contributed by atoms with Crippen molar-refractivity contribution in [3.63, 3.8) is 0 Å². The van der Waals surface area contributed by atoms with Crippen LogP contribution in [0.4, 0.5) is 15.9 Å². The van der Waals surface area contributed by atoms with Crippen molar-refractivity contribution in [2.24, 2.45) is 0 Å². The molecule has 7 nitrogen and oxygen atoms in total. The average molecular weight is 473 g/mol. The van der Waals surface area contributed by atoms with Crippen molar-refractivity contribution in [3.8, 4) is 17.3 Å². The smallest absolute Gasteiger partial charge is 0.214 e. The molecule has 1 aromatic heterocycles. The van der Waals surface area contributed by atoms with Gasteiger partial charge in [-0.3, -0.25) is 4.79 Å². The van der Waals surface area contributed by atoms with E-state index in [2.05, 4.69) is 22.0 Å². The van der Waals surface area contributed by atoms with Gasteiger partial charge < -0.3 is 20.9 Å². The molecular formula is C27H29FN6O. The zero-order valence-corrected chi connectivity index (χ0v) is 19.5. The van der Waals surface area contributed by atoms with Crippen LogP contribution in [0, 0.1) is 17.1 Å². The number of carbonyl (C=O) groups is 1. The van der Waals surface area contributed by atoms with Crippen LogP contribution in [-0.4, -0.2) is 50.2 Å². The summed E-state index contributed by atoms with van der Waals surface area (Å²) in [5.41, 5.74) is 3.43. The topological polar surface area (TPSA) is 93.1 Å². The summed E-state index contributed by atoms with van der Waals surface area (Å²) in [6.07, 6.45) is 2.22. The maximum atomic E-state index is 13.6. The third-order valence-electron chi connectivity index (χ3n) is 6.07. The Balaban J connectivity index is 1.58. The van der Waals surface area contributed by atoms with E-state index >= 15 is 0 Å². The molecule has 1 unspecified atom stereocenters. The average Bonchev–Trinajstić information content (AvgIpc) is 2.90. The molecule has 180 valence electrons. The van der Waals surface area contributed by atoms with Gasteiger partial charge in [0.25, 0.3) is 0 Å². The quantitative estimate of drug-likeness (QED) is 0.392. The van der Waals surface area contributed by atoms with E-state index in [0.717, 1.165) is 43.6 Å². The number of rotatable bonds is 10. The van der Waals surface area contributed by atoms with Crippen LogP contribution < -0.4 is 20.9 Å². The van der Waals surface area contributed by atoms with E-state index in [1.54, 1.807) is 17.0 Å². The molecule has 8 heteroatoms. The number of aromatic nitrogens is 1. The largest absolute Gasteiger partial charge is 0.368 e. The predicted octanol–water partition coefficient (Wildman–Crippen LogP) is 3.33. The van der Waals surface area contributed by atoms with Crippen molar-refractivity contribution in [2.45, 2.75) is 18.9 Å². The summed E-state index contributed by atoms with van der Waals surface area (Å²) in [5, 5.41) is 19.7. The van der Waals surface area contributed by atoms with Crippen LogP contribution in [0.25, 0.3) is 11.3 Å². The molecule has 0 aliphatic carbocycles. The first kappa shape index (κ1) is 24.3. The highest BCUT2D eigenvalue weighted by molar-refractivity contribution is 5.83. The van der Waals surface area contributed by atoms with E-state index in [4.69, 9.17) is 4.98 Å². The fourth-order valence-electron chi connectivity index (χ4n) is 4.23. The van der Waals surface area contributed by atoms with Crippen molar-refractivity contribution in [3.05, 3.63) is 77.6 Å². The Morgan fingerprint density at radius 3 is 2.83 bits per heavy atom. The number of nitrogens with zero attached hydrogens (tertiary/aromatic N) is 3. The van der Waals surface area contributed by atoms with E-state index in [0.29, 0.717) is 48.3 Å². The first-order chi connectivity index (χ1) is 17.2. The van der Waals surface area contributed by atoms with Gasteiger partial charge in [0.05, 0.1) is 23.0 Å². The van der Waals surface area contributed by atoms with Crippen molar-refractivity contribution in [1.29, 1.82) is 5.26 Å². The van der Waals surface area contributed by atoms with Crippen LogP contribution in [-0.2, 0) is 11.2 Å². The van der Waals surface area contributed by atoms with Gasteiger partial charge in [0.15, 0.2) is 5.82 Å². The molecule has 3 N–H and O–H groups in total. The number of nitriles is 1. The first-order valence-electron chi connectivity index (χ1n) is 11.8. The Bertz CT molecular complexity index is 1190. The minimum atomic E-state index is -0.269. The van der Waals surface area contributed by atoms with E-state index in [1.807, 2.05) is 36.4 Å². The van der Waals surface area contributed by atoms with Gasteiger partial charge in [0.1, 0.15) is 5.82 Å². The Labute approximate surface area is 205 Å². The molecule has 35 heavy (non-hydrogen) atoms. The van der Waals surface area contributed by atoms with E-state index in [-0.39, 0.29) is 5.82 Å². The number of piperazine rings is 1. The highest BCUT2D eigenvalue weighted by Gasteiger charge is 2.18. The molecule has 0 spiro atoms. The Morgan fingerprint density at radius 2 is 2.06 bits per heavy atom. The van der Waals surface area contributed by atoms with E-state index < -0.39 is 0 Å². The molecule has 3 aromatic rings. The van der Waals surface area contributed by atoms with Crippen LogP contribution >= 0.6 is 0 Å². The maximum absolute atomic E-state index is 13.6. The second-order valence-corrected chi connectivity index (χ2v) is 8.47. The Hall–Kier alpha value is -3.80. The fraction of sp³-hybridized carbons (Fsp3) is 0.296. The molecule has 4 rings (SSSR count). The second-order valence-electron chi connectivity index (χ2n) is 8.47. The molecule has 1 atom stereocenters. The number of anilines is 2. The predicted molar refractivity (Wildman–Crippen MR) is 136 cm³/mol. The van der Waals surface area contributed by atoms with Crippen molar-refractivity contribution in [1.82, 2.24) is 15.6 Å². The van der Waals surface area contributed by atoms with Crippen molar-refractivity contribution in [2.75, 3.05) is 42.9 Å². The van der Waals surface area contributed by atoms with Crippen LogP contribution in [0.3, 0.4) is 0 Å². The van der Waals surface area contributed by atoms with Gasteiger partial charge in [-0.25, -0.2) is 9.37 Å². The number of hydrogen-bond acceptors (Lipinski definition) is 6. The summed E-state index contributed by atoms with van der Waals surface area (Å²) in [5.74, 6) is 0.280. The summed E-state index contributed by atoms with van der Waals surface area (Å²) >= 11 is 0. The minimum absolute atomic E-state index is 0.269. The lowest BCUT2D eigenvalue weighted by molar-refractivity contribution is -0.107. The van der Waals surface area contributed by atoms with Crippen LogP contribution in [0.15, 0.2) is 60.7 Å². The molecule has 0 saturated carbocycles. The standard InChI is InChI=1S/C27H29FN6O/c28-22-6-3-4-20(16-22)10-12-32-27-26(34(19-35)15-11-23-18-30-13-14-31-23)9-8-25(33-27)24-7-2-1-5-21(24)17-29/h1-9,16,19,23,30-31H,10-15,18H2,(H,32,33). The van der Waals surface area contributed by atoms with Crippen molar-refractivity contribution >= 4 is 17.9 Å². The minimum Gasteiger partial charge on any atom is -0.368 e. The number of pyridine rings is 1. The van der Waals surface area contributed by atoms with Gasteiger partial charge >= 0.3 is 0 Å². The normalized spacial score (nSPS) is 15.3. The molecule has 0 radical (unpaired) electrons. The van der Waals surface area contributed by atoms with Gasteiger partial charge in [-0.2, -0.15) is 5.26 Å². The molecule has 1 saturated heterocycles. The molecule has 1 amide bonds. The van der Waals surface area contributed by atoms with Crippen LogP contribution in [0.5, 0.6) is 0 Å². The lowest BCUT2D eigenvalue weighted by atomic mass is 10.0. The highest BCUT2D eigenvalue weighted by Crippen LogP contribution is 2.29. The SMILES string of the molecule is N#Cc1ccccc1-c1ccc(N(C=O)CCC2CNCCN2)c(NCCc2cccc(F)c2)n1. The molecule has 2 aromatic carbocycles. The number of hydrogen-bond donors (Lipinski definition) is 3. The summed E-state index contributed by atoms with van der Waals surface area (Å²) in [6.45, 7) is 3.77. The maximum Gasteiger partial charge on any atom is 0.214 e. The highest BCUT2D eigenvalue weighted by atomic mass is 19.1. The number of halogens is 1. The molecule has 0 bridgehead atoms. The molecule has 1 aliphatic rings. The van der Waals surface area contributed by atoms with Gasteiger partial charge in [-0.15, -0.1) is 0 Å². The van der Waals surface area contributed by atoms with Gasteiger partial charge in [0.2, 0.25) is 6.41 Å². The number of carbonyl (C=O) groups excluding carboxylic acids is 1. The third kappa shape index (κ3) is 6.41. The lowest BCUT2D eigenvalue weighted by Gasteiger charge is -2.27. The summed E-state index contributed by atoms with van der Waals surface area (Å²) in [7, 11) is 0. The fourth-order valence-corrected chi connectivity index (χ4v) is 4.23. The Kier molecular flexibility index (Phi) is 8.39. The van der Waals surface area contributed by atoms with Crippen LogP contribution in [0.2, 0.25) is 0 Å². The molecule has 2 heterocycles. The third-order valence-corrected chi connectivity index (χ3v) is 6.07. The number of benzene rings is 2. The van der Waals surface area contributed by atoms with Crippen LogP contribution in [0.1, 0.15) is 17.5 Å². The van der Waals surface area contributed by atoms with Gasteiger partial charge in [-0.05, 0) is 48.7 Å². The zero-order valence-electron chi connectivity index (χ0n) is 19.5. The van der Waals surface area contributed by atoms with Crippen molar-refractivity contribution < 1.29 is 9.18 Å². The summed E-state index contributed by atoms with van der Waals surface area (Å²) < 4.78 is 13.6. The van der Waals surface area contributed by atoms with E-state index in [9.17, 15) is 14.4 Å². The summed E-state index contributed by atoms with van der Waals surface area (Å²) in [6, 6.07) is 20.0. The second kappa shape index (κ2) is 12.1. The van der Waals surface area contributed by atoms with E-state index in [1.165, 1.54) is 12.1 Å². The number of amides is 1. The number of nitrogens with one attached hydrogen (secondary N) is 3. The first-order valence-corrected chi connectivity index (χ1v) is 11.8. The molecule has 1 fully saturated rings. The van der Waals surface area contributed by atoms with Gasteiger partial charge in [-0.1, -0.05) is 30.3 Å². The zero-order chi connectivity index (χ0) is 24.5. The van der Waals surface area contributed by atoms with Gasteiger partial charge in [0, 0.05) is 44.3 Å².